The van der Waals surface area contributed by atoms with E-state index in [9.17, 15) is 0 Å². The molecule has 0 saturated carbocycles. The summed E-state index contributed by atoms with van der Waals surface area (Å²) >= 11 is 1.86. The minimum atomic E-state index is 1.14. The van der Waals surface area contributed by atoms with E-state index in [2.05, 4.69) is 167 Å². The minimum absolute atomic E-state index is 1.14. The molecule has 2 aromatic heterocycles. The van der Waals surface area contributed by atoms with Crippen LogP contribution in [0.3, 0.4) is 0 Å². The van der Waals surface area contributed by atoms with Crippen molar-refractivity contribution in [2.75, 3.05) is 4.90 Å². The topological polar surface area (TPSA) is 8.17 Å². The molecular weight excluding hydrogens is 541 g/mol. The predicted molar refractivity (Wildman–Crippen MR) is 186 cm³/mol. The molecule has 0 fully saturated rings. The third-order valence-electron chi connectivity index (χ3n) is 8.54. The summed E-state index contributed by atoms with van der Waals surface area (Å²) in [5.74, 6) is 0. The zero-order valence-corrected chi connectivity index (χ0v) is 24.1. The summed E-state index contributed by atoms with van der Waals surface area (Å²) in [6.07, 6.45) is 0. The molecule has 2 heterocycles. The normalized spacial score (nSPS) is 11.7. The van der Waals surface area contributed by atoms with Gasteiger partial charge in [-0.2, -0.15) is 0 Å². The quantitative estimate of drug-likeness (QED) is 0.206. The zero-order valence-electron chi connectivity index (χ0n) is 23.3. The minimum Gasteiger partial charge on any atom is -0.310 e. The molecule has 9 aromatic rings. The molecular formula is C40H26N2S. The predicted octanol–water partition coefficient (Wildman–Crippen LogP) is 11.8. The summed E-state index contributed by atoms with van der Waals surface area (Å²) in [6.45, 7) is 0. The number of fused-ring (bicyclic) bond motifs is 7. The molecule has 0 N–H and O–H groups in total. The van der Waals surface area contributed by atoms with Gasteiger partial charge in [-0.25, -0.2) is 0 Å². The number of anilines is 3. The first-order valence-corrected chi connectivity index (χ1v) is 15.4. The monoisotopic (exact) mass is 566 g/mol. The van der Waals surface area contributed by atoms with Crippen LogP contribution in [0, 0.1) is 0 Å². The Morgan fingerprint density at radius 3 is 2.07 bits per heavy atom. The van der Waals surface area contributed by atoms with Crippen molar-refractivity contribution < 1.29 is 0 Å². The van der Waals surface area contributed by atoms with Gasteiger partial charge >= 0.3 is 0 Å². The first-order chi connectivity index (χ1) is 21.3. The zero-order chi connectivity index (χ0) is 28.3. The maximum absolute atomic E-state index is 2.42. The van der Waals surface area contributed by atoms with Crippen LogP contribution in [0.1, 0.15) is 0 Å². The van der Waals surface area contributed by atoms with Gasteiger partial charge in [0.05, 0.1) is 16.7 Å². The molecule has 0 spiro atoms. The third-order valence-corrected chi connectivity index (χ3v) is 9.69. The number of thiophene rings is 1. The molecule has 9 rings (SSSR count). The van der Waals surface area contributed by atoms with Crippen molar-refractivity contribution in [2.24, 2.45) is 0 Å². The Morgan fingerprint density at radius 2 is 1.16 bits per heavy atom. The molecule has 0 saturated heterocycles. The van der Waals surface area contributed by atoms with Crippen molar-refractivity contribution in [3.05, 3.63) is 158 Å². The average molecular weight is 567 g/mol. The number of hydrogen-bond acceptors (Lipinski definition) is 2. The highest BCUT2D eigenvalue weighted by Crippen LogP contribution is 2.45. The average Bonchev–Trinajstić information content (AvgIpc) is 3.61. The van der Waals surface area contributed by atoms with Crippen LogP contribution in [0.25, 0.3) is 58.4 Å². The van der Waals surface area contributed by atoms with Gasteiger partial charge in [-0.05, 0) is 77.5 Å². The Labute approximate surface area is 253 Å². The Kier molecular flexibility index (Phi) is 5.40. The van der Waals surface area contributed by atoms with Crippen molar-refractivity contribution in [3.63, 3.8) is 0 Å². The van der Waals surface area contributed by atoms with Crippen LogP contribution in [0.15, 0.2) is 158 Å². The van der Waals surface area contributed by atoms with Gasteiger partial charge in [0.15, 0.2) is 0 Å². The Hall–Kier alpha value is -5.38. The molecule has 0 amide bonds. The summed E-state index contributed by atoms with van der Waals surface area (Å²) in [7, 11) is 0. The lowest BCUT2D eigenvalue weighted by Crippen LogP contribution is -2.10. The van der Waals surface area contributed by atoms with Gasteiger partial charge < -0.3 is 9.47 Å². The molecule has 2 nitrogen and oxygen atoms in total. The number of rotatable bonds is 4. The SMILES string of the molecule is c1ccc(N(c2ccc3sc4ccccc4c3c2)c2cccc3c2c2ccccc2n3-c2ccc3ccccc3c2)cc1. The molecule has 43 heavy (non-hydrogen) atoms. The number of hydrogen-bond donors (Lipinski definition) is 0. The summed E-state index contributed by atoms with van der Waals surface area (Å²) in [5.41, 5.74) is 7.01. The molecule has 0 aliphatic carbocycles. The number of benzene rings is 7. The summed E-state index contributed by atoms with van der Waals surface area (Å²) in [5, 5.41) is 7.58. The van der Waals surface area contributed by atoms with Gasteiger partial charge in [0, 0.05) is 48.0 Å². The van der Waals surface area contributed by atoms with Crippen LogP contribution in [0.4, 0.5) is 17.1 Å². The van der Waals surface area contributed by atoms with E-state index in [1.165, 1.54) is 64.1 Å². The maximum Gasteiger partial charge on any atom is 0.0562 e. The van der Waals surface area contributed by atoms with Gasteiger partial charge in [0.2, 0.25) is 0 Å². The van der Waals surface area contributed by atoms with Gasteiger partial charge in [0.1, 0.15) is 0 Å². The second-order valence-electron chi connectivity index (χ2n) is 11.0. The van der Waals surface area contributed by atoms with Crippen molar-refractivity contribution >= 4 is 81.1 Å². The van der Waals surface area contributed by atoms with Crippen LogP contribution in [0.2, 0.25) is 0 Å². The number of aromatic nitrogens is 1. The summed E-state index contributed by atoms with van der Waals surface area (Å²) < 4.78 is 5.05. The number of para-hydroxylation sites is 2. The molecule has 0 radical (unpaired) electrons. The maximum atomic E-state index is 2.42. The third kappa shape index (κ3) is 3.79. The molecule has 0 aliphatic heterocycles. The van der Waals surface area contributed by atoms with E-state index in [4.69, 9.17) is 0 Å². The standard InChI is InChI=1S/C40H26N2S/c1-2-13-29(14-3-1)41(31-23-24-39-34(26-31)32-15-7-9-20-38(32)43-39)36-18-10-19-37-40(36)33-16-6-8-17-35(33)42(37)30-22-21-27-11-4-5-12-28(27)25-30/h1-26H. The van der Waals surface area contributed by atoms with E-state index in [0.29, 0.717) is 0 Å². The fraction of sp³-hybridized carbons (Fsp3) is 0. The lowest BCUT2D eigenvalue weighted by molar-refractivity contribution is 1.18. The summed E-state index contributed by atoms with van der Waals surface area (Å²) in [4.78, 5) is 2.42. The van der Waals surface area contributed by atoms with Crippen molar-refractivity contribution in [3.8, 4) is 5.69 Å². The number of nitrogens with zero attached hydrogens (tertiary/aromatic N) is 2. The van der Waals surface area contributed by atoms with Gasteiger partial charge in [-0.3, -0.25) is 0 Å². The van der Waals surface area contributed by atoms with E-state index < -0.39 is 0 Å². The second kappa shape index (κ2) is 9.59. The van der Waals surface area contributed by atoms with Crippen molar-refractivity contribution in [1.29, 1.82) is 0 Å². The van der Waals surface area contributed by atoms with Crippen LogP contribution in [-0.2, 0) is 0 Å². The Balaban J connectivity index is 1.35. The Morgan fingerprint density at radius 1 is 0.442 bits per heavy atom. The van der Waals surface area contributed by atoms with Crippen LogP contribution in [0.5, 0.6) is 0 Å². The summed E-state index contributed by atoms with van der Waals surface area (Å²) in [6, 6.07) is 57.3. The molecule has 3 heteroatoms. The fourth-order valence-corrected chi connectivity index (χ4v) is 7.72. The van der Waals surface area contributed by atoms with E-state index in [1.807, 2.05) is 11.3 Å². The van der Waals surface area contributed by atoms with E-state index in [0.717, 1.165) is 11.4 Å². The molecule has 0 aliphatic rings. The highest BCUT2D eigenvalue weighted by molar-refractivity contribution is 7.25. The van der Waals surface area contributed by atoms with Gasteiger partial charge in [-0.1, -0.05) is 91.0 Å². The molecule has 0 atom stereocenters. The van der Waals surface area contributed by atoms with Crippen LogP contribution < -0.4 is 4.90 Å². The largest absolute Gasteiger partial charge is 0.310 e. The van der Waals surface area contributed by atoms with Gasteiger partial charge in [0.25, 0.3) is 0 Å². The van der Waals surface area contributed by atoms with E-state index in [-0.39, 0.29) is 0 Å². The van der Waals surface area contributed by atoms with Crippen LogP contribution >= 0.6 is 11.3 Å². The molecule has 7 aromatic carbocycles. The van der Waals surface area contributed by atoms with Crippen LogP contribution in [-0.4, -0.2) is 4.57 Å². The Bertz CT molecular complexity index is 2470. The van der Waals surface area contributed by atoms with Gasteiger partial charge in [-0.15, -0.1) is 11.3 Å². The molecule has 0 unspecified atom stereocenters. The lowest BCUT2D eigenvalue weighted by Gasteiger charge is -2.26. The van der Waals surface area contributed by atoms with E-state index in [1.54, 1.807) is 0 Å². The molecule has 0 bridgehead atoms. The van der Waals surface area contributed by atoms with Crippen molar-refractivity contribution in [1.82, 2.24) is 4.57 Å². The first-order valence-electron chi connectivity index (χ1n) is 14.6. The second-order valence-corrected chi connectivity index (χ2v) is 12.1. The highest BCUT2D eigenvalue weighted by atomic mass is 32.1. The van der Waals surface area contributed by atoms with E-state index >= 15 is 0 Å². The lowest BCUT2D eigenvalue weighted by atomic mass is 10.1. The molecule has 202 valence electrons. The van der Waals surface area contributed by atoms with Crippen molar-refractivity contribution in [2.45, 2.75) is 0 Å². The highest BCUT2D eigenvalue weighted by Gasteiger charge is 2.21. The smallest absolute Gasteiger partial charge is 0.0562 e. The first kappa shape index (κ1) is 24.2. The fourth-order valence-electron chi connectivity index (χ4n) is 6.64.